The van der Waals surface area contributed by atoms with Crippen LogP contribution < -0.4 is 5.32 Å². The molecule has 126 valence electrons. The Labute approximate surface area is 145 Å². The average molecular weight is 343 g/mol. The van der Waals surface area contributed by atoms with Crippen molar-refractivity contribution in [2.75, 3.05) is 20.3 Å². The smallest absolute Gasteiger partial charge is 0.263 e. The van der Waals surface area contributed by atoms with Gasteiger partial charge in [0.05, 0.1) is 5.69 Å². The maximum absolute atomic E-state index is 12.7. The van der Waals surface area contributed by atoms with Crippen LogP contribution in [0.5, 0.6) is 0 Å². The molecule has 0 atom stereocenters. The number of aryl methyl sites for hydroxylation is 2. The van der Waals surface area contributed by atoms with Gasteiger partial charge in [0.1, 0.15) is 9.71 Å². The van der Waals surface area contributed by atoms with Gasteiger partial charge in [0.2, 0.25) is 0 Å². The molecule has 1 amide bonds. The molecule has 0 saturated carbocycles. The van der Waals surface area contributed by atoms with Gasteiger partial charge in [0, 0.05) is 43.7 Å². The lowest BCUT2D eigenvalue weighted by Gasteiger charge is -2.08. The number of carbonyl (C=O) groups is 1. The summed E-state index contributed by atoms with van der Waals surface area (Å²) in [7, 11) is 1.66. The fourth-order valence-corrected chi connectivity index (χ4v) is 4.02. The first-order valence-corrected chi connectivity index (χ1v) is 8.74. The van der Waals surface area contributed by atoms with E-state index in [2.05, 4.69) is 23.3 Å². The van der Waals surface area contributed by atoms with Crippen LogP contribution in [0.4, 0.5) is 0 Å². The van der Waals surface area contributed by atoms with Crippen molar-refractivity contribution in [2.45, 2.75) is 20.3 Å². The zero-order valence-corrected chi connectivity index (χ0v) is 14.9. The topological polar surface area (TPSA) is 56.1 Å². The number of carbonyl (C=O) groups excluding carboxylic acids is 1. The molecule has 0 aliphatic heterocycles. The molecule has 3 rings (SSSR count). The molecule has 3 heterocycles. The van der Waals surface area contributed by atoms with Gasteiger partial charge in [0.15, 0.2) is 0 Å². The number of fused-ring (bicyclic) bond motifs is 1. The number of aromatic nitrogens is 2. The van der Waals surface area contributed by atoms with Crippen LogP contribution in [0.2, 0.25) is 0 Å². The van der Waals surface area contributed by atoms with E-state index in [0.29, 0.717) is 18.0 Å². The first-order valence-electron chi connectivity index (χ1n) is 7.93. The van der Waals surface area contributed by atoms with Crippen LogP contribution in [0.3, 0.4) is 0 Å². The highest BCUT2D eigenvalue weighted by molar-refractivity contribution is 7.21. The van der Waals surface area contributed by atoms with Crippen molar-refractivity contribution in [1.29, 1.82) is 0 Å². The molecule has 3 aromatic rings. The van der Waals surface area contributed by atoms with Crippen LogP contribution in [0.15, 0.2) is 30.6 Å². The Morgan fingerprint density at radius 1 is 1.33 bits per heavy atom. The van der Waals surface area contributed by atoms with Crippen molar-refractivity contribution in [3.8, 4) is 5.69 Å². The number of hydrogen-bond donors (Lipinski definition) is 1. The van der Waals surface area contributed by atoms with Crippen molar-refractivity contribution in [3.63, 3.8) is 0 Å². The molecule has 0 radical (unpaired) electrons. The number of hydrogen-bond acceptors (Lipinski definition) is 4. The van der Waals surface area contributed by atoms with E-state index in [0.717, 1.165) is 33.6 Å². The second-order valence-corrected chi connectivity index (χ2v) is 6.73. The van der Waals surface area contributed by atoms with E-state index in [1.807, 2.05) is 36.0 Å². The van der Waals surface area contributed by atoms with Gasteiger partial charge in [-0.05, 0) is 44.0 Å². The quantitative estimate of drug-likeness (QED) is 0.697. The third kappa shape index (κ3) is 3.20. The molecule has 0 bridgehead atoms. The summed E-state index contributed by atoms with van der Waals surface area (Å²) in [6, 6.07) is 5.98. The first kappa shape index (κ1) is 16.7. The molecule has 0 aliphatic carbocycles. The summed E-state index contributed by atoms with van der Waals surface area (Å²) in [6.07, 6.45) is 4.72. The molecule has 0 aromatic carbocycles. The predicted molar refractivity (Wildman–Crippen MR) is 97.2 cm³/mol. The molecule has 0 aliphatic rings. The molecule has 0 spiro atoms. The monoisotopic (exact) mass is 343 g/mol. The van der Waals surface area contributed by atoms with Gasteiger partial charge in [-0.3, -0.25) is 4.79 Å². The lowest BCUT2D eigenvalue weighted by atomic mass is 10.1. The minimum Gasteiger partial charge on any atom is -0.385 e. The molecule has 1 N–H and O–H groups in total. The Bertz CT molecular complexity index is 853. The van der Waals surface area contributed by atoms with Gasteiger partial charge in [-0.25, -0.2) is 4.98 Å². The number of nitrogens with one attached hydrogen (secondary N) is 1. The van der Waals surface area contributed by atoms with Crippen LogP contribution >= 0.6 is 11.3 Å². The molecular weight excluding hydrogens is 322 g/mol. The number of amides is 1. The standard InChI is InChI=1S/C18H21N3O2S/c1-12-11-13(2)20-18-14(12)15(21-8-4-5-9-21)16(24-18)17(22)19-7-6-10-23-3/h4-5,8-9,11H,6-7,10H2,1-3H3,(H,19,22). The average Bonchev–Trinajstić information content (AvgIpc) is 3.17. The molecule has 0 fully saturated rings. The molecule has 6 heteroatoms. The molecular formula is C18H21N3O2S. The predicted octanol–water partition coefficient (Wildman–Crippen LogP) is 3.47. The molecule has 0 saturated heterocycles. The number of rotatable bonds is 6. The Hall–Kier alpha value is -2.18. The fraction of sp³-hybridized carbons (Fsp3) is 0.333. The third-order valence-electron chi connectivity index (χ3n) is 3.84. The summed E-state index contributed by atoms with van der Waals surface area (Å²) in [5.74, 6) is -0.0603. The van der Waals surface area contributed by atoms with E-state index in [4.69, 9.17) is 4.74 Å². The van der Waals surface area contributed by atoms with Gasteiger partial charge in [-0.2, -0.15) is 0 Å². The van der Waals surface area contributed by atoms with Crippen LogP contribution in [-0.4, -0.2) is 35.7 Å². The lowest BCUT2D eigenvalue weighted by Crippen LogP contribution is -2.25. The van der Waals surface area contributed by atoms with E-state index in [1.54, 1.807) is 7.11 Å². The van der Waals surface area contributed by atoms with Crippen molar-refractivity contribution in [2.24, 2.45) is 0 Å². The van der Waals surface area contributed by atoms with Gasteiger partial charge >= 0.3 is 0 Å². The summed E-state index contributed by atoms with van der Waals surface area (Å²) >= 11 is 1.45. The van der Waals surface area contributed by atoms with E-state index in [1.165, 1.54) is 11.3 Å². The number of nitrogens with zero attached hydrogens (tertiary/aromatic N) is 2. The van der Waals surface area contributed by atoms with Gasteiger partial charge in [-0.1, -0.05) is 0 Å². The van der Waals surface area contributed by atoms with Crippen molar-refractivity contribution < 1.29 is 9.53 Å². The second kappa shape index (κ2) is 7.15. The molecule has 3 aromatic heterocycles. The Balaban J connectivity index is 2.05. The normalized spacial score (nSPS) is 11.1. The highest BCUT2D eigenvalue weighted by atomic mass is 32.1. The van der Waals surface area contributed by atoms with E-state index in [-0.39, 0.29) is 5.91 Å². The summed E-state index contributed by atoms with van der Waals surface area (Å²) in [5.41, 5.74) is 3.01. The lowest BCUT2D eigenvalue weighted by molar-refractivity contribution is 0.0952. The van der Waals surface area contributed by atoms with Crippen molar-refractivity contribution in [1.82, 2.24) is 14.9 Å². The summed E-state index contributed by atoms with van der Waals surface area (Å²) in [5, 5.41) is 4.03. The molecule has 0 unspecified atom stereocenters. The maximum atomic E-state index is 12.7. The number of thiophene rings is 1. The largest absolute Gasteiger partial charge is 0.385 e. The zero-order valence-electron chi connectivity index (χ0n) is 14.1. The summed E-state index contributed by atoms with van der Waals surface area (Å²) in [4.78, 5) is 18.9. The minimum absolute atomic E-state index is 0.0603. The second-order valence-electron chi connectivity index (χ2n) is 5.73. The van der Waals surface area contributed by atoms with Gasteiger partial charge in [0.25, 0.3) is 5.91 Å². The van der Waals surface area contributed by atoms with Gasteiger partial charge < -0.3 is 14.6 Å². The summed E-state index contributed by atoms with van der Waals surface area (Å²) in [6.45, 7) is 5.28. The number of methoxy groups -OCH3 is 1. The minimum atomic E-state index is -0.0603. The van der Waals surface area contributed by atoms with Crippen LogP contribution in [0.1, 0.15) is 27.3 Å². The van der Waals surface area contributed by atoms with Crippen LogP contribution in [0.25, 0.3) is 15.9 Å². The maximum Gasteiger partial charge on any atom is 0.263 e. The fourth-order valence-electron chi connectivity index (χ4n) is 2.81. The van der Waals surface area contributed by atoms with Crippen LogP contribution in [0, 0.1) is 13.8 Å². The van der Waals surface area contributed by atoms with Gasteiger partial charge in [-0.15, -0.1) is 11.3 Å². The van der Waals surface area contributed by atoms with Crippen LogP contribution in [-0.2, 0) is 4.74 Å². The SMILES string of the molecule is COCCCNC(=O)c1sc2nc(C)cc(C)c2c1-n1cccc1. The number of ether oxygens (including phenoxy) is 1. The highest BCUT2D eigenvalue weighted by Crippen LogP contribution is 2.35. The van der Waals surface area contributed by atoms with Crippen molar-refractivity contribution in [3.05, 3.63) is 46.7 Å². The van der Waals surface area contributed by atoms with Crippen molar-refractivity contribution >= 4 is 27.5 Å². The number of pyridine rings is 1. The molecule has 5 nitrogen and oxygen atoms in total. The Morgan fingerprint density at radius 2 is 2.08 bits per heavy atom. The summed E-state index contributed by atoms with van der Waals surface area (Å²) < 4.78 is 7.02. The first-order chi connectivity index (χ1) is 11.6. The van der Waals surface area contributed by atoms with E-state index < -0.39 is 0 Å². The Morgan fingerprint density at radius 3 is 2.79 bits per heavy atom. The zero-order chi connectivity index (χ0) is 17.1. The Kier molecular flexibility index (Phi) is 4.97. The van der Waals surface area contributed by atoms with E-state index in [9.17, 15) is 4.79 Å². The molecule has 24 heavy (non-hydrogen) atoms. The third-order valence-corrected chi connectivity index (χ3v) is 4.91. The van der Waals surface area contributed by atoms with E-state index >= 15 is 0 Å². The highest BCUT2D eigenvalue weighted by Gasteiger charge is 2.21.